The smallest absolute Gasteiger partial charge is 0.416 e. The highest BCUT2D eigenvalue weighted by Gasteiger charge is 2.41. The van der Waals surface area contributed by atoms with Crippen molar-refractivity contribution in [2.24, 2.45) is 4.99 Å². The maximum absolute atomic E-state index is 13.7. The van der Waals surface area contributed by atoms with Crippen LogP contribution in [0.15, 0.2) is 52.5 Å². The number of ether oxygens (including phenoxy) is 1. The first kappa shape index (κ1) is 35.7. The van der Waals surface area contributed by atoms with E-state index in [0.29, 0.717) is 27.7 Å². The van der Waals surface area contributed by atoms with Crippen LogP contribution in [0.4, 0.5) is 31.1 Å². The second kappa shape index (κ2) is 13.4. The molecule has 0 radical (unpaired) electrons. The number of hydrogen-bond acceptors (Lipinski definition) is 8. The number of nitrogens with one attached hydrogen (secondary N) is 1. The summed E-state index contributed by atoms with van der Waals surface area (Å²) in [5, 5.41) is 4.98. The molecule has 1 aromatic heterocycles. The lowest BCUT2D eigenvalue weighted by Crippen LogP contribution is -2.61. The van der Waals surface area contributed by atoms with E-state index in [4.69, 9.17) is 9.57 Å². The number of alkyl halides is 6. The second-order valence-electron chi connectivity index (χ2n) is 12.1. The first-order chi connectivity index (χ1) is 22.8. The van der Waals surface area contributed by atoms with Crippen molar-refractivity contribution in [3.05, 3.63) is 69.8 Å². The van der Waals surface area contributed by atoms with E-state index >= 15 is 0 Å². The second-order valence-corrected chi connectivity index (χ2v) is 13.1. The Hall–Kier alpha value is -4.58. The number of thioether (sulfide) groups is 1. The molecule has 0 spiro atoms. The molecule has 49 heavy (non-hydrogen) atoms. The van der Waals surface area contributed by atoms with Crippen LogP contribution in [0.1, 0.15) is 43.0 Å². The fraction of sp³-hybridized carbons (Fsp3) is 0.387. The van der Waals surface area contributed by atoms with E-state index in [0.717, 1.165) is 17.8 Å². The molecule has 2 aliphatic heterocycles. The number of amidine groups is 1. The normalized spacial score (nSPS) is 18.3. The fourth-order valence-electron chi connectivity index (χ4n) is 5.21. The molecule has 18 heteroatoms. The zero-order valence-electron chi connectivity index (χ0n) is 26.5. The Morgan fingerprint density at radius 3 is 2.43 bits per heavy atom. The van der Waals surface area contributed by atoms with E-state index in [1.54, 1.807) is 49.9 Å². The number of amides is 3. The van der Waals surface area contributed by atoms with Crippen LogP contribution in [-0.2, 0) is 38.1 Å². The maximum Gasteiger partial charge on any atom is 0.416 e. The summed E-state index contributed by atoms with van der Waals surface area (Å²) in [5.41, 5.74) is -0.787. The number of nitrogens with zero attached hydrogens (tertiary/aromatic N) is 5. The Balaban J connectivity index is 1.32. The van der Waals surface area contributed by atoms with Crippen molar-refractivity contribution in [1.82, 2.24) is 25.1 Å². The lowest BCUT2D eigenvalue weighted by Gasteiger charge is -2.40. The summed E-state index contributed by atoms with van der Waals surface area (Å²) in [5.74, 6) is -1.13. The molecule has 1 saturated heterocycles. The van der Waals surface area contributed by atoms with E-state index in [9.17, 15) is 40.7 Å². The van der Waals surface area contributed by atoms with Crippen LogP contribution in [0.5, 0.6) is 0 Å². The van der Waals surface area contributed by atoms with Crippen molar-refractivity contribution in [2.45, 2.75) is 51.3 Å². The van der Waals surface area contributed by atoms with E-state index in [-0.39, 0.29) is 36.2 Å². The summed E-state index contributed by atoms with van der Waals surface area (Å²) in [6, 6.07) is 5.32. The largest absolute Gasteiger partial charge is 0.444 e. The number of carbonyl (C=O) groups excluding carboxylic acids is 3. The van der Waals surface area contributed by atoms with Gasteiger partial charge in [-0.1, -0.05) is 12.1 Å². The van der Waals surface area contributed by atoms with Gasteiger partial charge >= 0.3 is 18.4 Å². The van der Waals surface area contributed by atoms with Crippen LogP contribution < -0.4 is 5.48 Å². The maximum atomic E-state index is 13.7. The van der Waals surface area contributed by atoms with Crippen LogP contribution >= 0.6 is 11.8 Å². The fourth-order valence-corrected chi connectivity index (χ4v) is 6.16. The number of hydrogen-bond donors (Lipinski definition) is 1. The first-order valence-corrected chi connectivity index (χ1v) is 15.5. The average molecular weight is 713 g/mol. The van der Waals surface area contributed by atoms with Crippen LogP contribution in [0.3, 0.4) is 0 Å². The van der Waals surface area contributed by atoms with Crippen LogP contribution in [0, 0.1) is 0 Å². The number of rotatable bonds is 5. The molecule has 0 aliphatic carbocycles. The van der Waals surface area contributed by atoms with Crippen LogP contribution in [-0.4, -0.2) is 81.0 Å². The number of fused-ring (bicyclic) bond motifs is 1. The monoisotopic (exact) mass is 712 g/mol. The van der Waals surface area contributed by atoms with Crippen molar-refractivity contribution in [3.8, 4) is 0 Å². The van der Waals surface area contributed by atoms with Gasteiger partial charge in [-0.15, -0.1) is 0 Å². The Morgan fingerprint density at radius 2 is 1.78 bits per heavy atom. The molecule has 1 unspecified atom stereocenters. The Labute approximate surface area is 279 Å². The third-order valence-electron chi connectivity index (χ3n) is 7.42. The SMILES string of the molecule is CONC(=O)C1CN(C2=NC(=O)C(=Cc3ccc4c(cnn4Cc4ccc(C(F)(F)F)cc4C(F)(F)F)c3)S2)CCN1C(=O)OC(C)(C)C. The summed E-state index contributed by atoms with van der Waals surface area (Å²) < 4.78 is 87.0. The number of aromatic nitrogens is 2. The molecular weight excluding hydrogens is 682 g/mol. The molecule has 262 valence electrons. The quantitative estimate of drug-likeness (QED) is 0.204. The third-order valence-corrected chi connectivity index (χ3v) is 8.46. The zero-order chi connectivity index (χ0) is 35.9. The summed E-state index contributed by atoms with van der Waals surface area (Å²) >= 11 is 1.07. The third kappa shape index (κ3) is 8.18. The predicted molar refractivity (Wildman–Crippen MR) is 167 cm³/mol. The number of carbonyl (C=O) groups is 3. The van der Waals surface area contributed by atoms with Gasteiger partial charge in [0, 0.05) is 25.0 Å². The van der Waals surface area contributed by atoms with Gasteiger partial charge in [0.25, 0.3) is 11.8 Å². The van der Waals surface area contributed by atoms with E-state index < -0.39 is 59.6 Å². The molecule has 1 atom stereocenters. The highest BCUT2D eigenvalue weighted by atomic mass is 32.2. The lowest BCUT2D eigenvalue weighted by molar-refractivity contribution is -0.143. The topological polar surface area (TPSA) is 118 Å². The van der Waals surface area contributed by atoms with Gasteiger partial charge in [0.1, 0.15) is 11.6 Å². The standard InChI is InChI=1S/C31H30F6N6O5S/c1-29(2,3)48-28(46)42-10-9-41(16-23(42)25(44)40-47-4)27-39-26(45)24(49-27)12-17-5-8-22-19(11-17)14-38-43(22)15-18-6-7-20(30(32,33)34)13-21(18)31(35,36)37/h5-8,11-14,23H,9-10,15-16H2,1-4H3,(H,40,44). The van der Waals surface area contributed by atoms with E-state index in [1.165, 1.54) is 22.9 Å². The van der Waals surface area contributed by atoms with E-state index in [2.05, 4.69) is 15.6 Å². The van der Waals surface area contributed by atoms with Crippen molar-refractivity contribution in [2.75, 3.05) is 26.7 Å². The molecule has 3 heterocycles. The Kier molecular flexibility index (Phi) is 9.75. The highest BCUT2D eigenvalue weighted by molar-refractivity contribution is 8.18. The molecule has 3 amide bonds. The molecule has 2 aliphatic rings. The summed E-state index contributed by atoms with van der Waals surface area (Å²) in [6.07, 6.45) is -7.67. The number of benzene rings is 2. The zero-order valence-corrected chi connectivity index (χ0v) is 27.3. The van der Waals surface area contributed by atoms with E-state index in [1.807, 2.05) is 0 Å². The van der Waals surface area contributed by atoms with Crippen LogP contribution in [0.2, 0.25) is 0 Å². The number of piperazine rings is 1. The minimum atomic E-state index is -5.02. The van der Waals surface area contributed by atoms with Gasteiger partial charge in [0.2, 0.25) is 0 Å². The molecule has 1 fully saturated rings. The van der Waals surface area contributed by atoms with Crippen molar-refractivity contribution >= 4 is 51.8 Å². The van der Waals surface area contributed by atoms with Gasteiger partial charge < -0.3 is 9.64 Å². The van der Waals surface area contributed by atoms with Gasteiger partial charge in [-0.25, -0.2) is 10.3 Å². The number of aliphatic imine (C=N–C) groups is 1. The lowest BCUT2D eigenvalue weighted by atomic mass is 10.0. The Morgan fingerprint density at radius 1 is 1.04 bits per heavy atom. The van der Waals surface area contributed by atoms with Crippen LogP contribution in [0.25, 0.3) is 17.0 Å². The number of halogens is 6. The van der Waals surface area contributed by atoms with Gasteiger partial charge in [0.05, 0.1) is 41.4 Å². The molecule has 0 saturated carbocycles. The molecule has 3 aromatic rings. The predicted octanol–water partition coefficient (Wildman–Crippen LogP) is 5.69. The molecule has 1 N–H and O–H groups in total. The average Bonchev–Trinajstić information content (AvgIpc) is 3.57. The first-order valence-electron chi connectivity index (χ1n) is 14.7. The minimum absolute atomic E-state index is 0.000951. The van der Waals surface area contributed by atoms with Gasteiger partial charge in [-0.2, -0.15) is 36.4 Å². The molecule has 5 rings (SSSR count). The summed E-state index contributed by atoms with van der Waals surface area (Å²) in [6.45, 7) is 5.02. The Bertz CT molecular complexity index is 1850. The van der Waals surface area contributed by atoms with Gasteiger partial charge in [-0.3, -0.25) is 24.0 Å². The van der Waals surface area contributed by atoms with Crippen molar-refractivity contribution in [3.63, 3.8) is 0 Å². The summed E-state index contributed by atoms with van der Waals surface area (Å²) in [7, 11) is 1.26. The highest BCUT2D eigenvalue weighted by Crippen LogP contribution is 2.38. The molecule has 0 bridgehead atoms. The molecular formula is C31H30F6N6O5S. The van der Waals surface area contributed by atoms with Gasteiger partial charge in [-0.05, 0) is 74.0 Å². The minimum Gasteiger partial charge on any atom is -0.444 e. The van der Waals surface area contributed by atoms with Crippen molar-refractivity contribution < 1.29 is 50.3 Å². The van der Waals surface area contributed by atoms with Crippen molar-refractivity contribution in [1.29, 1.82) is 0 Å². The molecule has 2 aromatic carbocycles. The summed E-state index contributed by atoms with van der Waals surface area (Å²) in [4.78, 5) is 50.7. The van der Waals surface area contributed by atoms with Gasteiger partial charge in [0.15, 0.2) is 5.17 Å². The molecule has 11 nitrogen and oxygen atoms in total. The number of hydroxylamine groups is 1.